The Labute approximate surface area is 149 Å². The van der Waals surface area contributed by atoms with Crippen molar-refractivity contribution in [3.05, 3.63) is 71.9 Å². The number of rotatable bonds is 4. The molecule has 0 atom stereocenters. The number of nitrogens with zero attached hydrogens (tertiary/aromatic N) is 3. The Morgan fingerprint density at radius 1 is 0.923 bits per heavy atom. The number of alkyl halides is 3. The second-order valence-electron chi connectivity index (χ2n) is 5.79. The summed E-state index contributed by atoms with van der Waals surface area (Å²) in [5.41, 5.74) is 1.19. The predicted molar refractivity (Wildman–Crippen MR) is 96.0 cm³/mol. The predicted octanol–water partition coefficient (Wildman–Crippen LogP) is 5.32. The van der Waals surface area contributed by atoms with Crippen molar-refractivity contribution in [2.75, 3.05) is 17.3 Å². The Morgan fingerprint density at radius 2 is 1.65 bits per heavy atom. The monoisotopic (exact) mass is 358 g/mol. The highest BCUT2D eigenvalue weighted by atomic mass is 19.4. The van der Waals surface area contributed by atoms with Gasteiger partial charge in [-0.25, -0.2) is 4.98 Å². The first-order valence-corrected chi connectivity index (χ1v) is 7.92. The van der Waals surface area contributed by atoms with E-state index in [1.54, 1.807) is 13.0 Å². The molecule has 3 rings (SSSR count). The van der Waals surface area contributed by atoms with Crippen LogP contribution in [0.1, 0.15) is 11.3 Å². The molecule has 26 heavy (non-hydrogen) atoms. The lowest BCUT2D eigenvalue weighted by Gasteiger charge is -2.19. The van der Waals surface area contributed by atoms with Crippen LogP contribution >= 0.6 is 0 Å². The van der Waals surface area contributed by atoms with Crippen molar-refractivity contribution in [1.29, 1.82) is 0 Å². The van der Waals surface area contributed by atoms with Crippen LogP contribution in [0.2, 0.25) is 0 Å². The Bertz CT molecular complexity index is 895. The van der Waals surface area contributed by atoms with Gasteiger partial charge < -0.3 is 10.2 Å². The second-order valence-corrected chi connectivity index (χ2v) is 5.79. The maximum Gasteiger partial charge on any atom is 0.416 e. The van der Waals surface area contributed by atoms with E-state index in [0.717, 1.165) is 17.8 Å². The average molecular weight is 358 g/mol. The molecule has 0 radical (unpaired) electrons. The normalized spacial score (nSPS) is 11.3. The summed E-state index contributed by atoms with van der Waals surface area (Å²) in [6, 6.07) is 16.4. The molecule has 0 saturated carbocycles. The third kappa shape index (κ3) is 4.11. The molecule has 7 heteroatoms. The zero-order valence-corrected chi connectivity index (χ0v) is 14.2. The number of hydrogen-bond acceptors (Lipinski definition) is 4. The van der Waals surface area contributed by atoms with Gasteiger partial charge >= 0.3 is 6.18 Å². The zero-order chi connectivity index (χ0) is 18.7. The highest BCUT2D eigenvalue weighted by Crippen LogP contribution is 2.31. The summed E-state index contributed by atoms with van der Waals surface area (Å²) in [4.78, 5) is 10.6. The number of anilines is 4. The van der Waals surface area contributed by atoms with Crippen molar-refractivity contribution in [2.24, 2.45) is 0 Å². The van der Waals surface area contributed by atoms with E-state index in [-0.39, 0.29) is 11.6 Å². The zero-order valence-electron chi connectivity index (χ0n) is 14.2. The molecule has 0 aliphatic rings. The van der Waals surface area contributed by atoms with E-state index in [1.165, 1.54) is 6.07 Å². The fraction of sp³-hybridized carbons (Fsp3) is 0.158. The van der Waals surface area contributed by atoms with Gasteiger partial charge in [0.25, 0.3) is 0 Å². The lowest BCUT2D eigenvalue weighted by molar-refractivity contribution is -0.137. The van der Waals surface area contributed by atoms with Crippen LogP contribution in [0.5, 0.6) is 0 Å². The molecule has 134 valence electrons. The molecule has 2 aromatic carbocycles. The van der Waals surface area contributed by atoms with E-state index in [1.807, 2.05) is 48.3 Å². The molecule has 0 amide bonds. The first kappa shape index (κ1) is 17.7. The van der Waals surface area contributed by atoms with Crippen molar-refractivity contribution in [3.63, 3.8) is 0 Å². The number of benzene rings is 2. The molecular formula is C19H17F3N4. The van der Waals surface area contributed by atoms with E-state index in [9.17, 15) is 13.2 Å². The summed E-state index contributed by atoms with van der Waals surface area (Å²) in [5, 5.41) is 2.86. The highest BCUT2D eigenvalue weighted by molar-refractivity contribution is 5.62. The smallest absolute Gasteiger partial charge is 0.329 e. The maximum absolute atomic E-state index is 12.9. The molecule has 0 aliphatic carbocycles. The van der Waals surface area contributed by atoms with E-state index in [0.29, 0.717) is 11.5 Å². The summed E-state index contributed by atoms with van der Waals surface area (Å²) in [6.45, 7) is 1.81. The molecule has 0 bridgehead atoms. The number of nitrogens with one attached hydrogen (secondary N) is 1. The topological polar surface area (TPSA) is 41.1 Å². The second kappa shape index (κ2) is 7.03. The SMILES string of the molecule is Cc1cc(N(C)c2ccccc2)nc(Nc2cccc(C(F)(F)F)c2)n1. The fourth-order valence-electron chi connectivity index (χ4n) is 2.47. The van der Waals surface area contributed by atoms with Gasteiger partial charge in [-0.2, -0.15) is 18.2 Å². The van der Waals surface area contributed by atoms with Gasteiger partial charge in [0.05, 0.1) is 5.56 Å². The Hall–Kier alpha value is -3.09. The first-order valence-electron chi connectivity index (χ1n) is 7.92. The molecule has 1 heterocycles. The number of halogens is 3. The Morgan fingerprint density at radius 3 is 2.35 bits per heavy atom. The van der Waals surface area contributed by atoms with Crippen molar-refractivity contribution in [2.45, 2.75) is 13.1 Å². The van der Waals surface area contributed by atoms with Gasteiger partial charge in [0, 0.05) is 30.2 Å². The van der Waals surface area contributed by atoms with E-state index < -0.39 is 11.7 Å². The molecule has 4 nitrogen and oxygen atoms in total. The molecule has 1 N–H and O–H groups in total. The lowest BCUT2D eigenvalue weighted by atomic mass is 10.2. The summed E-state index contributed by atoms with van der Waals surface area (Å²) < 4.78 is 38.6. The summed E-state index contributed by atoms with van der Waals surface area (Å²) in [7, 11) is 1.87. The van der Waals surface area contributed by atoms with Gasteiger partial charge in [0.15, 0.2) is 0 Å². The quantitative estimate of drug-likeness (QED) is 0.686. The molecule has 0 saturated heterocycles. The van der Waals surface area contributed by atoms with Gasteiger partial charge in [-0.05, 0) is 37.3 Å². The molecule has 0 fully saturated rings. The minimum atomic E-state index is -4.40. The van der Waals surface area contributed by atoms with E-state index >= 15 is 0 Å². The van der Waals surface area contributed by atoms with Gasteiger partial charge in [0.1, 0.15) is 5.82 Å². The van der Waals surface area contributed by atoms with Crippen LogP contribution in [0.15, 0.2) is 60.7 Å². The number of aromatic nitrogens is 2. The van der Waals surface area contributed by atoms with Crippen LogP contribution in [0.4, 0.5) is 36.3 Å². The molecule has 3 aromatic rings. The van der Waals surface area contributed by atoms with Crippen molar-refractivity contribution in [1.82, 2.24) is 9.97 Å². The Balaban J connectivity index is 1.89. The molecule has 0 aliphatic heterocycles. The highest BCUT2D eigenvalue weighted by Gasteiger charge is 2.30. The largest absolute Gasteiger partial charge is 0.416 e. The van der Waals surface area contributed by atoms with Crippen molar-refractivity contribution < 1.29 is 13.2 Å². The van der Waals surface area contributed by atoms with Gasteiger partial charge in [-0.1, -0.05) is 24.3 Å². The van der Waals surface area contributed by atoms with Gasteiger partial charge in [0.2, 0.25) is 5.95 Å². The lowest BCUT2D eigenvalue weighted by Crippen LogP contribution is -2.13. The third-order valence-electron chi connectivity index (χ3n) is 3.77. The Kier molecular flexibility index (Phi) is 4.79. The summed E-state index contributed by atoms with van der Waals surface area (Å²) in [5.74, 6) is 0.875. The van der Waals surface area contributed by atoms with Crippen molar-refractivity contribution in [3.8, 4) is 0 Å². The van der Waals surface area contributed by atoms with Gasteiger partial charge in [-0.15, -0.1) is 0 Å². The average Bonchev–Trinajstić information content (AvgIpc) is 2.61. The maximum atomic E-state index is 12.9. The number of para-hydroxylation sites is 1. The van der Waals surface area contributed by atoms with Crippen LogP contribution in [0.3, 0.4) is 0 Å². The molecule has 0 unspecified atom stereocenters. The first-order chi connectivity index (χ1) is 12.3. The van der Waals surface area contributed by atoms with E-state index in [2.05, 4.69) is 15.3 Å². The molecular weight excluding hydrogens is 341 g/mol. The molecule has 0 spiro atoms. The minimum Gasteiger partial charge on any atom is -0.329 e. The van der Waals surface area contributed by atoms with E-state index in [4.69, 9.17) is 0 Å². The van der Waals surface area contributed by atoms with Crippen LogP contribution in [-0.2, 0) is 6.18 Å². The van der Waals surface area contributed by atoms with Crippen molar-refractivity contribution >= 4 is 23.1 Å². The summed E-state index contributed by atoms with van der Waals surface area (Å²) in [6.07, 6.45) is -4.40. The third-order valence-corrected chi connectivity index (χ3v) is 3.77. The van der Waals surface area contributed by atoms with Crippen LogP contribution in [0, 0.1) is 6.92 Å². The van der Waals surface area contributed by atoms with Crippen LogP contribution < -0.4 is 10.2 Å². The standard InChI is InChI=1S/C19H17F3N4/c1-13-11-17(26(2)16-9-4-3-5-10-16)25-18(23-13)24-15-8-6-7-14(12-15)19(20,21)22/h3-12H,1-2H3,(H,23,24,25). The minimum absolute atomic E-state index is 0.238. The van der Waals surface area contributed by atoms with Crippen LogP contribution in [-0.4, -0.2) is 17.0 Å². The molecule has 1 aromatic heterocycles. The van der Waals surface area contributed by atoms with Crippen LogP contribution in [0.25, 0.3) is 0 Å². The van der Waals surface area contributed by atoms with Gasteiger partial charge in [-0.3, -0.25) is 0 Å². The summed E-state index contributed by atoms with van der Waals surface area (Å²) >= 11 is 0. The number of hydrogen-bond donors (Lipinski definition) is 1. The number of aryl methyl sites for hydroxylation is 1. The fourth-order valence-corrected chi connectivity index (χ4v) is 2.47.